The van der Waals surface area contributed by atoms with Crippen LogP contribution in [0.5, 0.6) is 0 Å². The van der Waals surface area contributed by atoms with Crippen LogP contribution in [0.1, 0.15) is 20.8 Å². The van der Waals surface area contributed by atoms with Gasteiger partial charge in [-0.2, -0.15) is 0 Å². The molecule has 0 bridgehead atoms. The lowest BCUT2D eigenvalue weighted by Gasteiger charge is -2.33. The van der Waals surface area contributed by atoms with Gasteiger partial charge in [0.15, 0.2) is 0 Å². The molecule has 1 unspecified atom stereocenters. The molecule has 1 aromatic heterocycles. The van der Waals surface area contributed by atoms with Crippen molar-refractivity contribution < 1.29 is 0 Å². The van der Waals surface area contributed by atoms with E-state index in [1.165, 1.54) is 0 Å². The van der Waals surface area contributed by atoms with E-state index >= 15 is 0 Å². The first-order chi connectivity index (χ1) is 6.98. The molecule has 0 aliphatic carbocycles. The Balaban J connectivity index is 2.79. The van der Waals surface area contributed by atoms with E-state index in [0.29, 0.717) is 23.4 Å². The van der Waals surface area contributed by atoms with Crippen LogP contribution in [0.4, 0.5) is 5.95 Å². The highest BCUT2D eigenvalue weighted by atomic mass is 35.5. The van der Waals surface area contributed by atoms with Crippen LogP contribution in [0.25, 0.3) is 0 Å². The highest BCUT2D eigenvalue weighted by Crippen LogP contribution is 2.19. The molecule has 3 N–H and O–H groups in total. The predicted molar refractivity (Wildman–Crippen MR) is 63.0 cm³/mol. The number of halogens is 1. The van der Waals surface area contributed by atoms with Crippen molar-refractivity contribution in [1.29, 1.82) is 0 Å². The van der Waals surface area contributed by atoms with Gasteiger partial charge in [-0.25, -0.2) is 9.97 Å². The molecule has 15 heavy (non-hydrogen) atoms. The molecule has 0 aliphatic rings. The van der Waals surface area contributed by atoms with E-state index in [2.05, 4.69) is 36.1 Å². The molecule has 1 atom stereocenters. The number of hydrogen-bond acceptors (Lipinski definition) is 4. The number of aromatic nitrogens is 2. The number of nitrogens with two attached hydrogens (primary N) is 1. The first-order valence-corrected chi connectivity index (χ1v) is 5.31. The molecular formula is C10H17ClN4. The molecule has 1 rings (SSSR count). The zero-order chi connectivity index (χ0) is 11.5. The second kappa shape index (κ2) is 4.77. The standard InChI is InChI=1S/C10H17ClN4/c1-7(2)10(3,6-12)15-9-13-4-8(11)5-14-9/h4-5,7H,6,12H2,1-3H3,(H,13,14,15). The maximum atomic E-state index is 5.74. The van der Waals surface area contributed by atoms with Crippen molar-refractivity contribution in [3.05, 3.63) is 17.4 Å². The van der Waals surface area contributed by atoms with E-state index in [9.17, 15) is 0 Å². The average molecular weight is 229 g/mol. The minimum Gasteiger partial charge on any atom is -0.348 e. The minimum atomic E-state index is -0.201. The molecule has 0 aliphatic heterocycles. The molecule has 0 saturated carbocycles. The van der Waals surface area contributed by atoms with Crippen molar-refractivity contribution >= 4 is 17.5 Å². The van der Waals surface area contributed by atoms with Crippen molar-refractivity contribution in [2.75, 3.05) is 11.9 Å². The second-order valence-corrected chi connectivity index (χ2v) is 4.56. The number of nitrogens with one attached hydrogen (secondary N) is 1. The Kier molecular flexibility index (Phi) is 3.88. The monoisotopic (exact) mass is 228 g/mol. The number of hydrogen-bond donors (Lipinski definition) is 2. The molecular weight excluding hydrogens is 212 g/mol. The number of anilines is 1. The molecule has 0 fully saturated rings. The summed E-state index contributed by atoms with van der Waals surface area (Å²) in [4.78, 5) is 8.17. The minimum absolute atomic E-state index is 0.201. The van der Waals surface area contributed by atoms with Gasteiger partial charge in [-0.1, -0.05) is 25.4 Å². The highest BCUT2D eigenvalue weighted by molar-refractivity contribution is 6.30. The van der Waals surface area contributed by atoms with Crippen LogP contribution in [0, 0.1) is 5.92 Å². The Morgan fingerprint density at radius 1 is 1.47 bits per heavy atom. The number of nitrogens with zero attached hydrogens (tertiary/aromatic N) is 2. The van der Waals surface area contributed by atoms with Gasteiger partial charge in [-0.15, -0.1) is 0 Å². The molecule has 5 heteroatoms. The summed E-state index contributed by atoms with van der Waals surface area (Å²) in [7, 11) is 0. The van der Waals surface area contributed by atoms with E-state index in [4.69, 9.17) is 17.3 Å². The van der Waals surface area contributed by atoms with E-state index in [0.717, 1.165) is 0 Å². The summed E-state index contributed by atoms with van der Waals surface area (Å²) in [5.41, 5.74) is 5.54. The molecule has 1 aromatic rings. The summed E-state index contributed by atoms with van der Waals surface area (Å²) in [6.07, 6.45) is 3.13. The third-order valence-corrected chi connectivity index (χ3v) is 2.91. The van der Waals surface area contributed by atoms with Crippen LogP contribution in [0.15, 0.2) is 12.4 Å². The quantitative estimate of drug-likeness (QED) is 0.827. The Morgan fingerprint density at radius 3 is 2.40 bits per heavy atom. The largest absolute Gasteiger partial charge is 0.348 e. The van der Waals surface area contributed by atoms with Crippen molar-refractivity contribution in [2.45, 2.75) is 26.3 Å². The summed E-state index contributed by atoms with van der Waals surface area (Å²) in [5, 5.41) is 3.75. The van der Waals surface area contributed by atoms with Gasteiger partial charge in [0.05, 0.1) is 23.0 Å². The fraction of sp³-hybridized carbons (Fsp3) is 0.600. The molecule has 0 amide bonds. The third kappa shape index (κ3) is 3.04. The lowest BCUT2D eigenvalue weighted by Crippen LogP contribution is -2.47. The third-order valence-electron chi connectivity index (χ3n) is 2.72. The van der Waals surface area contributed by atoms with Crippen LogP contribution in [-0.4, -0.2) is 22.1 Å². The zero-order valence-electron chi connectivity index (χ0n) is 9.29. The molecule has 4 nitrogen and oxygen atoms in total. The first kappa shape index (κ1) is 12.2. The van der Waals surface area contributed by atoms with Gasteiger partial charge in [0.2, 0.25) is 5.95 Å². The molecule has 0 aromatic carbocycles. The highest BCUT2D eigenvalue weighted by Gasteiger charge is 2.27. The Labute approximate surface area is 95.3 Å². The number of rotatable bonds is 4. The normalized spacial score (nSPS) is 15.1. The van der Waals surface area contributed by atoms with Gasteiger partial charge in [-0.05, 0) is 12.8 Å². The molecule has 0 spiro atoms. The van der Waals surface area contributed by atoms with E-state index in [1.807, 2.05) is 0 Å². The summed E-state index contributed by atoms with van der Waals surface area (Å²) < 4.78 is 0. The zero-order valence-corrected chi connectivity index (χ0v) is 10.0. The smallest absolute Gasteiger partial charge is 0.223 e. The van der Waals surface area contributed by atoms with Crippen LogP contribution in [0.2, 0.25) is 5.02 Å². The van der Waals surface area contributed by atoms with Crippen molar-refractivity contribution in [3.63, 3.8) is 0 Å². The van der Waals surface area contributed by atoms with Gasteiger partial charge < -0.3 is 11.1 Å². The summed E-state index contributed by atoms with van der Waals surface area (Å²) in [5.74, 6) is 0.947. The molecule has 0 saturated heterocycles. The van der Waals surface area contributed by atoms with Crippen molar-refractivity contribution in [2.24, 2.45) is 11.7 Å². The topological polar surface area (TPSA) is 63.8 Å². The van der Waals surface area contributed by atoms with Crippen LogP contribution >= 0.6 is 11.6 Å². The van der Waals surface area contributed by atoms with Gasteiger partial charge >= 0.3 is 0 Å². The van der Waals surface area contributed by atoms with E-state index in [-0.39, 0.29) is 5.54 Å². The molecule has 1 heterocycles. The Morgan fingerprint density at radius 2 is 2.00 bits per heavy atom. The maximum Gasteiger partial charge on any atom is 0.223 e. The van der Waals surface area contributed by atoms with Gasteiger partial charge in [-0.3, -0.25) is 0 Å². The Hall–Kier alpha value is -0.870. The summed E-state index contributed by atoms with van der Waals surface area (Å²) in [6.45, 7) is 6.79. The molecule has 84 valence electrons. The van der Waals surface area contributed by atoms with Gasteiger partial charge in [0.1, 0.15) is 0 Å². The maximum absolute atomic E-state index is 5.74. The van der Waals surface area contributed by atoms with Crippen LogP contribution < -0.4 is 11.1 Å². The van der Waals surface area contributed by atoms with Gasteiger partial charge in [0, 0.05) is 6.54 Å². The lowest BCUT2D eigenvalue weighted by atomic mass is 9.89. The van der Waals surface area contributed by atoms with Crippen molar-refractivity contribution in [3.8, 4) is 0 Å². The summed E-state index contributed by atoms with van der Waals surface area (Å²) in [6, 6.07) is 0. The van der Waals surface area contributed by atoms with E-state index < -0.39 is 0 Å². The summed E-state index contributed by atoms with van der Waals surface area (Å²) >= 11 is 5.70. The fourth-order valence-electron chi connectivity index (χ4n) is 1.06. The fourth-order valence-corrected chi connectivity index (χ4v) is 1.16. The van der Waals surface area contributed by atoms with Crippen LogP contribution in [0.3, 0.4) is 0 Å². The first-order valence-electron chi connectivity index (χ1n) is 4.94. The predicted octanol–water partition coefficient (Wildman–Crippen LogP) is 1.92. The SMILES string of the molecule is CC(C)C(C)(CN)Nc1ncc(Cl)cn1. The lowest BCUT2D eigenvalue weighted by molar-refractivity contribution is 0.380. The average Bonchev–Trinajstić information content (AvgIpc) is 2.21. The van der Waals surface area contributed by atoms with Gasteiger partial charge in [0.25, 0.3) is 0 Å². The van der Waals surface area contributed by atoms with Crippen LogP contribution in [-0.2, 0) is 0 Å². The van der Waals surface area contributed by atoms with Crippen molar-refractivity contribution in [1.82, 2.24) is 9.97 Å². The molecule has 0 radical (unpaired) electrons. The van der Waals surface area contributed by atoms with E-state index in [1.54, 1.807) is 12.4 Å². The second-order valence-electron chi connectivity index (χ2n) is 4.13. The Bertz CT molecular complexity index is 312.